The van der Waals surface area contributed by atoms with E-state index in [0.29, 0.717) is 0 Å². The predicted molar refractivity (Wildman–Crippen MR) is 115 cm³/mol. The monoisotopic (exact) mass is 442 g/mol. The van der Waals surface area contributed by atoms with Gasteiger partial charge in [0.15, 0.2) is 0 Å². The van der Waals surface area contributed by atoms with Gasteiger partial charge in [-0.1, -0.05) is 0 Å². The van der Waals surface area contributed by atoms with Crippen LogP contribution in [0.3, 0.4) is 0 Å². The molecule has 0 atom stereocenters. The van der Waals surface area contributed by atoms with Crippen LogP contribution in [0.2, 0.25) is 0 Å². The average Bonchev–Trinajstić information content (AvgIpc) is 2.72. The van der Waals surface area contributed by atoms with E-state index in [0.717, 1.165) is 0 Å². The molecule has 0 spiro atoms. The molecule has 0 unspecified atom stereocenters. The summed E-state index contributed by atoms with van der Waals surface area (Å²) in [7, 11) is 0. The third kappa shape index (κ3) is 2.89. The predicted octanol–water partition coefficient (Wildman–Crippen LogP) is 3.37. The van der Waals surface area contributed by atoms with Crippen LogP contribution in [0.4, 0.5) is 0 Å². The molecule has 4 aromatic rings. The van der Waals surface area contributed by atoms with Gasteiger partial charge in [-0.15, -0.1) is 0 Å². The van der Waals surface area contributed by atoms with Gasteiger partial charge in [-0.25, -0.2) is 0 Å². The van der Waals surface area contributed by atoms with Crippen molar-refractivity contribution in [3.05, 3.63) is 121 Å². The van der Waals surface area contributed by atoms with Crippen molar-refractivity contribution in [1.29, 1.82) is 0 Å². The summed E-state index contributed by atoms with van der Waals surface area (Å²) in [6.07, 6.45) is 0. The van der Waals surface area contributed by atoms with E-state index in [1.54, 1.807) is 0 Å². The molecule has 0 radical (unpaired) electrons. The Balaban J connectivity index is 2.17. The van der Waals surface area contributed by atoms with Crippen molar-refractivity contribution < 1.29 is 0 Å². The number of hydrogen-bond donors (Lipinski definition) is 0. The minimum absolute atomic E-state index is 1.39. The van der Waals surface area contributed by atoms with E-state index < -0.39 is 18.4 Å². The zero-order valence-electron chi connectivity index (χ0n) is 15.0. The quantitative estimate of drug-likeness (QED) is 0.427. The Hall–Kier alpha value is -2.32. The maximum absolute atomic E-state index is 3.37. The van der Waals surface area contributed by atoms with E-state index in [4.69, 9.17) is 0 Å². The van der Waals surface area contributed by atoms with Crippen LogP contribution >= 0.6 is 0 Å². The van der Waals surface area contributed by atoms with Crippen LogP contribution in [0.25, 0.3) is 0 Å². The summed E-state index contributed by atoms with van der Waals surface area (Å²) in [6, 6.07) is 42.5. The molecule has 26 heavy (non-hydrogen) atoms. The molecular formula is C25H22Sn. The fourth-order valence-corrected chi connectivity index (χ4v) is 18.4. The Morgan fingerprint density at radius 3 is 1.15 bits per heavy atom. The molecule has 0 aliphatic heterocycles. The molecule has 126 valence electrons. The van der Waals surface area contributed by atoms with Crippen LogP contribution in [0, 0.1) is 6.92 Å². The minimum atomic E-state index is -3.37. The van der Waals surface area contributed by atoms with Crippen LogP contribution in [0.1, 0.15) is 5.56 Å². The van der Waals surface area contributed by atoms with Crippen molar-refractivity contribution in [1.82, 2.24) is 0 Å². The van der Waals surface area contributed by atoms with Crippen molar-refractivity contribution >= 4 is 32.7 Å². The van der Waals surface area contributed by atoms with Gasteiger partial charge in [0.05, 0.1) is 0 Å². The Bertz CT molecular complexity index is 879. The van der Waals surface area contributed by atoms with Crippen LogP contribution in [-0.2, 0) is 0 Å². The van der Waals surface area contributed by atoms with Crippen molar-refractivity contribution in [2.24, 2.45) is 0 Å². The summed E-state index contributed by atoms with van der Waals surface area (Å²) in [5, 5.41) is 0. The van der Waals surface area contributed by atoms with Gasteiger partial charge in [-0.3, -0.25) is 0 Å². The first-order chi connectivity index (χ1) is 12.8. The maximum atomic E-state index is 2.36. The molecule has 0 fully saturated rings. The topological polar surface area (TPSA) is 0 Å². The molecule has 0 aromatic heterocycles. The Morgan fingerprint density at radius 2 is 0.769 bits per heavy atom. The Morgan fingerprint density at radius 1 is 0.423 bits per heavy atom. The van der Waals surface area contributed by atoms with Crippen molar-refractivity contribution in [2.75, 3.05) is 0 Å². The average molecular weight is 441 g/mol. The summed E-state index contributed by atoms with van der Waals surface area (Å²) in [4.78, 5) is 0. The fourth-order valence-electron chi connectivity index (χ4n) is 4.02. The standard InChI is InChI=1S/C7H7.3C6H5.Sn/c1-7-5-3-2-4-6-7;3*1-2-4-6-5-3-1;/h2-5H,1H3;3*1-5H;. The molecule has 0 bridgehead atoms. The summed E-state index contributed by atoms with van der Waals surface area (Å²) >= 11 is -3.37. The van der Waals surface area contributed by atoms with E-state index in [-0.39, 0.29) is 0 Å². The Kier molecular flexibility index (Phi) is 4.94. The van der Waals surface area contributed by atoms with E-state index in [1.807, 2.05) is 0 Å². The molecule has 0 aliphatic rings. The van der Waals surface area contributed by atoms with Crippen molar-refractivity contribution in [2.45, 2.75) is 6.92 Å². The van der Waals surface area contributed by atoms with Gasteiger partial charge in [-0.05, 0) is 0 Å². The van der Waals surface area contributed by atoms with Crippen molar-refractivity contribution in [3.8, 4) is 0 Å². The van der Waals surface area contributed by atoms with Gasteiger partial charge in [0, 0.05) is 0 Å². The molecule has 0 nitrogen and oxygen atoms in total. The third-order valence-electron chi connectivity index (χ3n) is 5.17. The van der Waals surface area contributed by atoms with E-state index >= 15 is 0 Å². The summed E-state index contributed by atoms with van der Waals surface area (Å²) < 4.78 is 6.01. The molecule has 0 N–H and O–H groups in total. The van der Waals surface area contributed by atoms with Crippen LogP contribution < -0.4 is 14.3 Å². The fraction of sp³-hybridized carbons (Fsp3) is 0.0400. The van der Waals surface area contributed by atoms with Gasteiger partial charge in [0.2, 0.25) is 0 Å². The second-order valence-corrected chi connectivity index (χ2v) is 17.4. The SMILES string of the molecule is Cc1cccc[c]1[Sn]([c]1ccccc1)([c]1ccccc1)[c]1ccccc1. The second kappa shape index (κ2) is 7.51. The molecule has 0 saturated heterocycles. The normalized spacial score (nSPS) is 11.3. The zero-order chi connectivity index (χ0) is 17.8. The van der Waals surface area contributed by atoms with E-state index in [1.165, 1.54) is 19.9 Å². The number of benzene rings is 4. The van der Waals surface area contributed by atoms with Gasteiger partial charge in [-0.2, -0.15) is 0 Å². The Labute approximate surface area is 160 Å². The molecule has 0 amide bonds. The number of hydrogen-bond acceptors (Lipinski definition) is 0. The first kappa shape index (κ1) is 17.1. The van der Waals surface area contributed by atoms with Gasteiger partial charge in [0.1, 0.15) is 0 Å². The zero-order valence-corrected chi connectivity index (χ0v) is 17.8. The van der Waals surface area contributed by atoms with Gasteiger partial charge in [0.25, 0.3) is 0 Å². The number of aryl methyl sites for hydroxylation is 1. The molecule has 0 aliphatic carbocycles. The first-order valence-electron chi connectivity index (χ1n) is 9.06. The second-order valence-electron chi connectivity index (χ2n) is 6.66. The van der Waals surface area contributed by atoms with E-state index in [9.17, 15) is 0 Å². The first-order valence-corrected chi connectivity index (χ1v) is 14.8. The van der Waals surface area contributed by atoms with Crippen LogP contribution in [0.5, 0.6) is 0 Å². The molecule has 0 heterocycles. The van der Waals surface area contributed by atoms with Crippen LogP contribution in [-0.4, -0.2) is 18.4 Å². The molecule has 4 aromatic carbocycles. The molecule has 4 rings (SSSR count). The summed E-state index contributed by atoms with van der Waals surface area (Å²) in [5.74, 6) is 0. The van der Waals surface area contributed by atoms with E-state index in [2.05, 4.69) is 122 Å². The molecule has 1 heteroatoms. The van der Waals surface area contributed by atoms with Crippen molar-refractivity contribution in [3.63, 3.8) is 0 Å². The summed E-state index contributed by atoms with van der Waals surface area (Å²) in [5.41, 5.74) is 1.39. The van der Waals surface area contributed by atoms with Crippen LogP contribution in [0.15, 0.2) is 115 Å². The van der Waals surface area contributed by atoms with Gasteiger partial charge < -0.3 is 0 Å². The van der Waals surface area contributed by atoms with Gasteiger partial charge >= 0.3 is 160 Å². The molecule has 0 saturated carbocycles. The number of rotatable bonds is 4. The third-order valence-corrected chi connectivity index (χ3v) is 19.3. The summed E-state index contributed by atoms with van der Waals surface area (Å²) in [6.45, 7) is 2.26. The molecular weight excluding hydrogens is 419 g/mol.